The Balaban J connectivity index is 2.34. The molecule has 4 nitrogen and oxygen atoms in total. The second-order valence-corrected chi connectivity index (χ2v) is 3.89. The molecule has 88 valence electrons. The third-order valence-electron chi connectivity index (χ3n) is 2.69. The number of anilines is 1. The van der Waals surface area contributed by atoms with Crippen molar-refractivity contribution in [3.8, 4) is 0 Å². The summed E-state index contributed by atoms with van der Waals surface area (Å²) < 4.78 is 1.74. The summed E-state index contributed by atoms with van der Waals surface area (Å²) in [7, 11) is 1.83. The Bertz CT molecular complexity index is 575. The maximum atomic E-state index is 11.7. The molecule has 0 atom stereocenters. The van der Waals surface area contributed by atoms with E-state index in [2.05, 4.69) is 10.3 Å². The number of rotatable bonds is 3. The maximum Gasteiger partial charge on any atom is 0.251 e. The van der Waals surface area contributed by atoms with Gasteiger partial charge in [0, 0.05) is 25.0 Å². The van der Waals surface area contributed by atoms with E-state index in [9.17, 15) is 4.79 Å². The van der Waals surface area contributed by atoms with Crippen molar-refractivity contribution in [2.45, 2.75) is 13.5 Å². The van der Waals surface area contributed by atoms with E-state index in [4.69, 9.17) is 0 Å². The molecule has 2 aromatic rings. The minimum atomic E-state index is 0.0211. The first kappa shape index (κ1) is 11.4. The Labute approximate surface area is 99.9 Å². The zero-order valence-corrected chi connectivity index (χ0v) is 9.97. The second kappa shape index (κ2) is 4.82. The maximum absolute atomic E-state index is 11.7. The van der Waals surface area contributed by atoms with Crippen molar-refractivity contribution in [3.63, 3.8) is 0 Å². The van der Waals surface area contributed by atoms with E-state index in [0.717, 1.165) is 17.1 Å². The molecule has 0 bridgehead atoms. The van der Waals surface area contributed by atoms with Gasteiger partial charge < -0.3 is 9.88 Å². The summed E-state index contributed by atoms with van der Waals surface area (Å²) >= 11 is 0. The van der Waals surface area contributed by atoms with Gasteiger partial charge in [-0.2, -0.15) is 0 Å². The fourth-order valence-electron chi connectivity index (χ4n) is 1.72. The van der Waals surface area contributed by atoms with E-state index in [1.54, 1.807) is 22.9 Å². The standard InChI is InChI=1S/C13H15N3O/c1-10-4-3-5-13(17)16(10)9-11-6-7-15-12(8-11)14-2/h3-8H,9H2,1-2H3,(H,14,15). The molecule has 0 fully saturated rings. The van der Waals surface area contributed by atoms with Gasteiger partial charge in [-0.1, -0.05) is 6.07 Å². The molecular formula is C13H15N3O. The van der Waals surface area contributed by atoms with Gasteiger partial charge in [0.25, 0.3) is 5.56 Å². The van der Waals surface area contributed by atoms with Gasteiger partial charge in [0.15, 0.2) is 0 Å². The van der Waals surface area contributed by atoms with Crippen LogP contribution in [-0.4, -0.2) is 16.6 Å². The van der Waals surface area contributed by atoms with E-state index in [-0.39, 0.29) is 5.56 Å². The Morgan fingerprint density at radius 3 is 2.88 bits per heavy atom. The topological polar surface area (TPSA) is 46.9 Å². The summed E-state index contributed by atoms with van der Waals surface area (Å²) in [6.07, 6.45) is 1.74. The number of aromatic nitrogens is 2. The van der Waals surface area contributed by atoms with Gasteiger partial charge in [0.1, 0.15) is 5.82 Å². The molecule has 0 aliphatic heterocycles. The van der Waals surface area contributed by atoms with Gasteiger partial charge in [-0.25, -0.2) is 4.98 Å². The number of hydrogen-bond donors (Lipinski definition) is 1. The zero-order chi connectivity index (χ0) is 12.3. The van der Waals surface area contributed by atoms with Crippen LogP contribution in [0.4, 0.5) is 5.82 Å². The van der Waals surface area contributed by atoms with Crippen LogP contribution in [0.15, 0.2) is 41.3 Å². The first-order valence-corrected chi connectivity index (χ1v) is 5.50. The molecule has 0 unspecified atom stereocenters. The lowest BCUT2D eigenvalue weighted by atomic mass is 10.2. The van der Waals surface area contributed by atoms with Gasteiger partial charge in [0.05, 0.1) is 6.54 Å². The molecule has 0 aliphatic carbocycles. The molecule has 2 heterocycles. The lowest BCUT2D eigenvalue weighted by molar-refractivity contribution is 0.729. The summed E-state index contributed by atoms with van der Waals surface area (Å²) in [6.45, 7) is 2.50. The summed E-state index contributed by atoms with van der Waals surface area (Å²) in [5, 5.41) is 2.98. The minimum absolute atomic E-state index is 0.0211. The molecule has 2 rings (SSSR count). The van der Waals surface area contributed by atoms with Gasteiger partial charge in [-0.05, 0) is 30.7 Å². The van der Waals surface area contributed by atoms with Crippen molar-refractivity contribution in [1.82, 2.24) is 9.55 Å². The lowest BCUT2D eigenvalue weighted by Gasteiger charge is -2.10. The van der Waals surface area contributed by atoms with E-state index in [1.807, 2.05) is 32.2 Å². The number of aryl methyl sites for hydroxylation is 1. The molecule has 0 saturated heterocycles. The van der Waals surface area contributed by atoms with Crippen LogP contribution < -0.4 is 10.9 Å². The average molecular weight is 229 g/mol. The van der Waals surface area contributed by atoms with Crippen molar-refractivity contribution in [1.29, 1.82) is 0 Å². The Morgan fingerprint density at radius 1 is 1.35 bits per heavy atom. The smallest absolute Gasteiger partial charge is 0.251 e. The third kappa shape index (κ3) is 2.53. The molecule has 1 N–H and O–H groups in total. The molecule has 2 aromatic heterocycles. The third-order valence-corrected chi connectivity index (χ3v) is 2.69. The molecule has 4 heteroatoms. The fraction of sp³-hybridized carbons (Fsp3) is 0.231. The van der Waals surface area contributed by atoms with Crippen LogP contribution in [0, 0.1) is 6.92 Å². The molecule has 0 aliphatic rings. The number of nitrogens with zero attached hydrogens (tertiary/aromatic N) is 2. The normalized spacial score (nSPS) is 10.2. The van der Waals surface area contributed by atoms with Gasteiger partial charge in [-0.15, -0.1) is 0 Å². The summed E-state index contributed by atoms with van der Waals surface area (Å²) in [5.74, 6) is 0.809. The Hall–Kier alpha value is -2.10. The van der Waals surface area contributed by atoms with E-state index in [0.29, 0.717) is 6.54 Å². The van der Waals surface area contributed by atoms with Crippen LogP contribution >= 0.6 is 0 Å². The molecule has 0 amide bonds. The summed E-state index contributed by atoms with van der Waals surface area (Å²) in [6, 6.07) is 9.15. The molecule has 17 heavy (non-hydrogen) atoms. The predicted octanol–water partition coefficient (Wildman–Crippen LogP) is 1.64. The van der Waals surface area contributed by atoms with E-state index in [1.165, 1.54) is 0 Å². The molecule has 0 saturated carbocycles. The quantitative estimate of drug-likeness (QED) is 0.870. The predicted molar refractivity (Wildman–Crippen MR) is 68.3 cm³/mol. The highest BCUT2D eigenvalue weighted by molar-refractivity contribution is 5.36. The fourth-order valence-corrected chi connectivity index (χ4v) is 1.72. The van der Waals surface area contributed by atoms with Gasteiger partial charge >= 0.3 is 0 Å². The van der Waals surface area contributed by atoms with Crippen LogP contribution in [0.5, 0.6) is 0 Å². The SMILES string of the molecule is CNc1cc(Cn2c(C)cccc2=O)ccn1. The molecule has 0 aromatic carbocycles. The van der Waals surface area contributed by atoms with Crippen LogP contribution in [0.1, 0.15) is 11.3 Å². The monoisotopic (exact) mass is 229 g/mol. The minimum Gasteiger partial charge on any atom is -0.373 e. The van der Waals surface area contributed by atoms with Crippen molar-refractivity contribution in [2.24, 2.45) is 0 Å². The second-order valence-electron chi connectivity index (χ2n) is 3.89. The average Bonchev–Trinajstić information content (AvgIpc) is 2.34. The Kier molecular flexibility index (Phi) is 3.23. The van der Waals surface area contributed by atoms with Crippen molar-refractivity contribution in [2.75, 3.05) is 12.4 Å². The van der Waals surface area contributed by atoms with Crippen LogP contribution in [0.2, 0.25) is 0 Å². The molecular weight excluding hydrogens is 214 g/mol. The first-order chi connectivity index (χ1) is 8.20. The van der Waals surface area contributed by atoms with Crippen molar-refractivity contribution >= 4 is 5.82 Å². The van der Waals surface area contributed by atoms with Crippen molar-refractivity contribution < 1.29 is 0 Å². The number of hydrogen-bond acceptors (Lipinski definition) is 3. The van der Waals surface area contributed by atoms with Crippen molar-refractivity contribution in [3.05, 3.63) is 58.1 Å². The first-order valence-electron chi connectivity index (χ1n) is 5.50. The summed E-state index contributed by atoms with van der Waals surface area (Å²) in [5.41, 5.74) is 2.04. The number of nitrogens with one attached hydrogen (secondary N) is 1. The van der Waals surface area contributed by atoms with Crippen LogP contribution in [0.25, 0.3) is 0 Å². The highest BCUT2D eigenvalue weighted by Gasteiger charge is 2.01. The lowest BCUT2D eigenvalue weighted by Crippen LogP contribution is -2.21. The highest BCUT2D eigenvalue weighted by atomic mass is 16.1. The Morgan fingerprint density at radius 2 is 2.18 bits per heavy atom. The van der Waals surface area contributed by atoms with E-state index >= 15 is 0 Å². The number of pyridine rings is 2. The molecule has 0 radical (unpaired) electrons. The van der Waals surface area contributed by atoms with Crippen LogP contribution in [-0.2, 0) is 6.54 Å². The largest absolute Gasteiger partial charge is 0.373 e. The van der Waals surface area contributed by atoms with Gasteiger partial charge in [-0.3, -0.25) is 4.79 Å². The van der Waals surface area contributed by atoms with Gasteiger partial charge in [0.2, 0.25) is 0 Å². The molecule has 0 spiro atoms. The van der Waals surface area contributed by atoms with Crippen LogP contribution in [0.3, 0.4) is 0 Å². The highest BCUT2D eigenvalue weighted by Crippen LogP contribution is 2.08. The zero-order valence-electron chi connectivity index (χ0n) is 9.97. The van der Waals surface area contributed by atoms with E-state index < -0.39 is 0 Å². The summed E-state index contributed by atoms with van der Waals surface area (Å²) in [4.78, 5) is 15.9.